The molecule has 9 nitrogen and oxygen atoms in total. The molecule has 0 aliphatic carbocycles. The maximum atomic E-state index is 13.2. The van der Waals surface area contributed by atoms with Gasteiger partial charge in [-0.2, -0.15) is 0 Å². The lowest BCUT2D eigenvalue weighted by molar-refractivity contribution is 0.0189. The lowest BCUT2D eigenvalue weighted by Crippen LogP contribution is -2.44. The summed E-state index contributed by atoms with van der Waals surface area (Å²) in [5.74, 6) is -1.68. The number of unbranched alkanes of at least 4 members (excludes halogenated alkanes) is 3. The molecule has 4 rings (SSSR count). The summed E-state index contributed by atoms with van der Waals surface area (Å²) in [6.45, 7) is 4.40. The van der Waals surface area contributed by atoms with E-state index in [1.807, 2.05) is 0 Å². The molecule has 2 aromatic rings. The summed E-state index contributed by atoms with van der Waals surface area (Å²) in [6.07, 6.45) is 3.79. The van der Waals surface area contributed by atoms with Crippen molar-refractivity contribution in [3.8, 4) is 0 Å². The van der Waals surface area contributed by atoms with Crippen LogP contribution in [0.25, 0.3) is 10.8 Å². The number of amides is 4. The summed E-state index contributed by atoms with van der Waals surface area (Å²) >= 11 is 0. The molecule has 9 heteroatoms. The summed E-state index contributed by atoms with van der Waals surface area (Å²) in [6, 6.07) is 6.36. The van der Waals surface area contributed by atoms with Gasteiger partial charge >= 0.3 is 0 Å². The minimum Gasteiger partial charge on any atom is -0.382 e. The molecule has 0 fully saturated rings. The van der Waals surface area contributed by atoms with Crippen LogP contribution in [0, 0.1) is 0 Å². The maximum Gasteiger partial charge on any atom is 0.261 e. The van der Waals surface area contributed by atoms with Crippen LogP contribution in [-0.2, 0) is 14.2 Å². The van der Waals surface area contributed by atoms with E-state index in [1.165, 1.54) is 4.90 Å². The lowest BCUT2D eigenvalue weighted by Gasteiger charge is -2.32. The Kier molecular flexibility index (Phi) is 8.45. The second kappa shape index (κ2) is 11.7. The van der Waals surface area contributed by atoms with Crippen LogP contribution in [0.1, 0.15) is 74.0 Å². The summed E-state index contributed by atoms with van der Waals surface area (Å²) in [7, 11) is 1.60. The molecule has 0 spiro atoms. The Hall–Kier alpha value is -3.14. The van der Waals surface area contributed by atoms with Crippen molar-refractivity contribution in [1.29, 1.82) is 0 Å². The Labute approximate surface area is 210 Å². The molecular formula is C27H32N2O7. The Balaban J connectivity index is 1.51. The van der Waals surface area contributed by atoms with Crippen molar-refractivity contribution in [2.24, 2.45) is 0 Å². The number of nitrogens with zero attached hydrogens (tertiary/aromatic N) is 2. The fourth-order valence-corrected chi connectivity index (χ4v) is 4.70. The fraction of sp³-hybridized carbons (Fsp3) is 0.481. The molecule has 36 heavy (non-hydrogen) atoms. The molecule has 2 aliphatic heterocycles. The molecule has 0 saturated heterocycles. The van der Waals surface area contributed by atoms with E-state index in [0.717, 1.165) is 30.6 Å². The molecule has 2 aliphatic rings. The smallest absolute Gasteiger partial charge is 0.261 e. The average Bonchev–Trinajstić information content (AvgIpc) is 2.88. The van der Waals surface area contributed by atoms with E-state index in [4.69, 9.17) is 14.2 Å². The van der Waals surface area contributed by atoms with Crippen LogP contribution in [0.5, 0.6) is 0 Å². The predicted octanol–water partition coefficient (Wildman–Crippen LogP) is 3.29. The van der Waals surface area contributed by atoms with E-state index < -0.39 is 11.8 Å². The van der Waals surface area contributed by atoms with Crippen LogP contribution in [0.15, 0.2) is 24.3 Å². The number of benzene rings is 2. The van der Waals surface area contributed by atoms with E-state index in [1.54, 1.807) is 31.4 Å². The normalized spacial score (nSPS) is 14.9. The quantitative estimate of drug-likeness (QED) is 0.292. The van der Waals surface area contributed by atoms with Crippen molar-refractivity contribution in [3.63, 3.8) is 0 Å². The number of hydrogen-bond acceptors (Lipinski definition) is 7. The van der Waals surface area contributed by atoms with E-state index in [2.05, 4.69) is 6.92 Å². The first-order valence-corrected chi connectivity index (χ1v) is 12.5. The average molecular weight is 497 g/mol. The first-order valence-electron chi connectivity index (χ1n) is 12.5. The van der Waals surface area contributed by atoms with E-state index >= 15 is 0 Å². The predicted molar refractivity (Wildman–Crippen MR) is 132 cm³/mol. The lowest BCUT2D eigenvalue weighted by atomic mass is 9.86. The van der Waals surface area contributed by atoms with Gasteiger partial charge in [-0.25, -0.2) is 0 Å². The second-order valence-electron chi connectivity index (χ2n) is 8.87. The van der Waals surface area contributed by atoms with Crippen molar-refractivity contribution < 1.29 is 33.4 Å². The molecule has 0 unspecified atom stereocenters. The number of hydrogen-bond donors (Lipinski definition) is 0. The monoisotopic (exact) mass is 496 g/mol. The Morgan fingerprint density at radius 3 is 1.50 bits per heavy atom. The van der Waals surface area contributed by atoms with E-state index in [9.17, 15) is 19.2 Å². The van der Waals surface area contributed by atoms with Gasteiger partial charge in [0.2, 0.25) is 0 Å². The third-order valence-electron chi connectivity index (χ3n) is 6.56. The molecule has 0 saturated carbocycles. The minimum atomic E-state index is -0.460. The van der Waals surface area contributed by atoms with Crippen molar-refractivity contribution in [2.45, 2.75) is 32.6 Å². The molecule has 0 bridgehead atoms. The zero-order valence-corrected chi connectivity index (χ0v) is 20.8. The molecule has 192 valence electrons. The number of carbonyl (C=O) groups is 4. The van der Waals surface area contributed by atoms with Crippen LogP contribution in [0.4, 0.5) is 0 Å². The maximum absolute atomic E-state index is 13.2. The highest BCUT2D eigenvalue weighted by Gasteiger charge is 2.39. The molecule has 0 atom stereocenters. The number of carbonyl (C=O) groups excluding carboxylic acids is 4. The molecule has 0 aromatic heterocycles. The Morgan fingerprint density at radius 2 is 1.03 bits per heavy atom. The molecule has 4 amide bonds. The van der Waals surface area contributed by atoms with Crippen LogP contribution in [0.2, 0.25) is 0 Å². The van der Waals surface area contributed by atoms with Gasteiger partial charge in [-0.15, -0.1) is 0 Å². The summed E-state index contributed by atoms with van der Waals surface area (Å²) in [4.78, 5) is 55.3. The largest absolute Gasteiger partial charge is 0.382 e. The van der Waals surface area contributed by atoms with Crippen LogP contribution >= 0.6 is 0 Å². The topological polar surface area (TPSA) is 102 Å². The highest BCUT2D eigenvalue weighted by Crippen LogP contribution is 2.37. The zero-order chi connectivity index (χ0) is 25.7. The van der Waals surface area contributed by atoms with Crippen molar-refractivity contribution in [3.05, 3.63) is 46.5 Å². The highest BCUT2D eigenvalue weighted by molar-refractivity contribution is 6.33. The molecule has 0 radical (unpaired) electrons. The third kappa shape index (κ3) is 4.91. The first-order chi connectivity index (χ1) is 17.5. The number of methoxy groups -OCH3 is 1. The minimum absolute atomic E-state index is 0.0869. The molecule has 2 aromatic carbocycles. The third-order valence-corrected chi connectivity index (χ3v) is 6.56. The van der Waals surface area contributed by atoms with Gasteiger partial charge in [-0.1, -0.05) is 26.2 Å². The number of imide groups is 2. The summed E-state index contributed by atoms with van der Waals surface area (Å²) in [5.41, 5.74) is 1.33. The van der Waals surface area contributed by atoms with Crippen molar-refractivity contribution >= 4 is 34.4 Å². The van der Waals surface area contributed by atoms with Crippen molar-refractivity contribution in [2.75, 3.05) is 53.2 Å². The SMILES string of the molecule is CCCCCCN1C(=O)c2ccc3c4c(ccc(c24)C1=O)C(=O)N(CCOCCOCCOC)C3=O. The van der Waals surface area contributed by atoms with Crippen LogP contribution < -0.4 is 0 Å². The molecular weight excluding hydrogens is 464 g/mol. The van der Waals surface area contributed by atoms with Gasteiger partial charge in [0.1, 0.15) is 0 Å². The van der Waals surface area contributed by atoms with Gasteiger partial charge in [0.15, 0.2) is 0 Å². The Bertz CT molecular complexity index is 1110. The first kappa shape index (κ1) is 25.9. The van der Waals surface area contributed by atoms with Gasteiger partial charge in [0, 0.05) is 46.7 Å². The summed E-state index contributed by atoms with van der Waals surface area (Å²) < 4.78 is 15.8. The van der Waals surface area contributed by atoms with Gasteiger partial charge < -0.3 is 14.2 Å². The van der Waals surface area contributed by atoms with E-state index in [0.29, 0.717) is 66.0 Å². The number of ether oxygens (including phenoxy) is 3. The van der Waals surface area contributed by atoms with E-state index in [-0.39, 0.29) is 25.0 Å². The number of rotatable bonds is 14. The zero-order valence-electron chi connectivity index (χ0n) is 20.8. The highest BCUT2D eigenvalue weighted by atomic mass is 16.5. The standard InChI is InChI=1S/C27H32N2O7/c1-3-4-5-6-11-28-24(30)18-7-9-20-23-21(10-8-19(22(18)23)25(28)31)27(33)29(26(20)32)12-13-35-16-17-36-15-14-34-2/h7-10H,3-6,11-17H2,1-2H3. The van der Waals surface area contributed by atoms with Gasteiger partial charge in [0.05, 0.1) is 39.6 Å². The Morgan fingerprint density at radius 1 is 0.583 bits per heavy atom. The van der Waals surface area contributed by atoms with Gasteiger partial charge in [-0.3, -0.25) is 29.0 Å². The van der Waals surface area contributed by atoms with Crippen molar-refractivity contribution in [1.82, 2.24) is 9.80 Å². The van der Waals surface area contributed by atoms with Gasteiger partial charge in [0.25, 0.3) is 23.6 Å². The van der Waals surface area contributed by atoms with Crippen LogP contribution in [0.3, 0.4) is 0 Å². The second-order valence-corrected chi connectivity index (χ2v) is 8.87. The van der Waals surface area contributed by atoms with Crippen LogP contribution in [-0.4, -0.2) is 86.7 Å². The molecule has 0 N–H and O–H groups in total. The van der Waals surface area contributed by atoms with Gasteiger partial charge in [-0.05, 0) is 30.7 Å². The summed E-state index contributed by atoms with van der Waals surface area (Å²) in [5, 5.41) is 0.784. The fourth-order valence-electron chi connectivity index (χ4n) is 4.70. The molecule has 2 heterocycles.